The number of aliphatic imine (C=N–C) groups is 1. The highest BCUT2D eigenvalue weighted by atomic mass is 32.1. The van der Waals surface area contributed by atoms with E-state index in [9.17, 15) is 4.79 Å². The van der Waals surface area contributed by atoms with Crippen LogP contribution in [0.1, 0.15) is 12.8 Å². The minimum atomic E-state index is -0.380. The third-order valence-electron chi connectivity index (χ3n) is 1.82. The summed E-state index contributed by atoms with van der Waals surface area (Å²) in [6.45, 7) is 1.90. The molecule has 1 fully saturated rings. The average molecular weight is 170 g/mol. The maximum Gasteiger partial charge on any atom is 0.168 e. The fourth-order valence-corrected chi connectivity index (χ4v) is 1.37. The molecule has 1 aliphatic heterocycles. The van der Waals surface area contributed by atoms with Gasteiger partial charge in [-0.3, -0.25) is 9.69 Å². The molecule has 0 aliphatic carbocycles. The molecule has 0 aromatic heterocycles. The third kappa shape index (κ3) is 2.19. The number of aldehydes is 1. The van der Waals surface area contributed by atoms with E-state index < -0.39 is 0 Å². The number of hydrogen-bond donors (Lipinski definition) is 0. The summed E-state index contributed by atoms with van der Waals surface area (Å²) < 4.78 is 0. The molecule has 3 nitrogen and oxygen atoms in total. The van der Waals surface area contributed by atoms with Gasteiger partial charge in [-0.05, 0) is 25.1 Å². The highest BCUT2D eigenvalue weighted by Crippen LogP contribution is 2.10. The maximum atomic E-state index is 10.5. The van der Waals surface area contributed by atoms with Gasteiger partial charge < -0.3 is 0 Å². The van der Waals surface area contributed by atoms with Crippen molar-refractivity contribution in [3.05, 3.63) is 0 Å². The first kappa shape index (κ1) is 8.53. The summed E-state index contributed by atoms with van der Waals surface area (Å²) in [6, 6.07) is 0. The molecule has 0 radical (unpaired) electrons. The Morgan fingerprint density at radius 3 is 2.64 bits per heavy atom. The third-order valence-corrected chi connectivity index (χ3v) is 1.93. The van der Waals surface area contributed by atoms with Gasteiger partial charge in [0.05, 0.1) is 5.16 Å². The van der Waals surface area contributed by atoms with Crippen molar-refractivity contribution < 1.29 is 4.79 Å². The zero-order valence-electron chi connectivity index (χ0n) is 6.19. The second kappa shape index (κ2) is 4.34. The van der Waals surface area contributed by atoms with E-state index in [1.807, 2.05) is 4.90 Å². The summed E-state index contributed by atoms with van der Waals surface area (Å²) in [7, 11) is 0. The molecule has 1 atom stereocenters. The van der Waals surface area contributed by atoms with E-state index in [-0.39, 0.29) is 6.17 Å². The van der Waals surface area contributed by atoms with Crippen LogP contribution in [0.3, 0.4) is 0 Å². The predicted molar refractivity (Wildman–Crippen MR) is 45.7 cm³/mol. The lowest BCUT2D eigenvalue weighted by atomic mass is 10.4. The summed E-state index contributed by atoms with van der Waals surface area (Å²) in [5.41, 5.74) is 0. The number of isothiocyanates is 1. The Hall–Kier alpha value is -0.570. The van der Waals surface area contributed by atoms with Crippen molar-refractivity contribution in [3.8, 4) is 0 Å². The molecule has 1 aliphatic rings. The molecule has 0 N–H and O–H groups in total. The van der Waals surface area contributed by atoms with Crippen molar-refractivity contribution in [1.29, 1.82) is 0 Å². The van der Waals surface area contributed by atoms with Crippen LogP contribution in [0.2, 0.25) is 0 Å². The van der Waals surface area contributed by atoms with Gasteiger partial charge in [0, 0.05) is 13.1 Å². The second-order valence-electron chi connectivity index (χ2n) is 2.51. The molecule has 1 heterocycles. The molecule has 1 unspecified atom stereocenters. The zero-order valence-corrected chi connectivity index (χ0v) is 7.01. The summed E-state index contributed by atoms with van der Waals surface area (Å²) in [5, 5.41) is 2.23. The Kier molecular flexibility index (Phi) is 3.36. The van der Waals surface area contributed by atoms with Gasteiger partial charge in [0.2, 0.25) is 0 Å². The molecular formula is C7H10N2OS. The first-order valence-electron chi connectivity index (χ1n) is 3.65. The minimum Gasteiger partial charge on any atom is -0.299 e. The smallest absolute Gasteiger partial charge is 0.168 e. The van der Waals surface area contributed by atoms with Crippen LogP contribution in [0.4, 0.5) is 0 Å². The molecule has 0 aromatic carbocycles. The van der Waals surface area contributed by atoms with Crippen LogP contribution in [0, 0.1) is 0 Å². The van der Waals surface area contributed by atoms with Crippen molar-refractivity contribution in [2.45, 2.75) is 19.0 Å². The molecule has 0 aromatic rings. The molecule has 11 heavy (non-hydrogen) atoms. The molecule has 4 heteroatoms. The monoisotopic (exact) mass is 170 g/mol. The van der Waals surface area contributed by atoms with Gasteiger partial charge in [-0.15, -0.1) is 0 Å². The topological polar surface area (TPSA) is 32.7 Å². The van der Waals surface area contributed by atoms with Crippen molar-refractivity contribution in [2.24, 2.45) is 4.99 Å². The highest BCUT2D eigenvalue weighted by Gasteiger charge is 2.19. The van der Waals surface area contributed by atoms with Crippen LogP contribution in [0.5, 0.6) is 0 Å². The predicted octanol–water partition coefficient (Wildman–Crippen LogP) is 0.710. The van der Waals surface area contributed by atoms with Gasteiger partial charge in [-0.2, -0.15) is 0 Å². The Balaban J connectivity index is 2.52. The van der Waals surface area contributed by atoms with E-state index in [4.69, 9.17) is 0 Å². The Morgan fingerprint density at radius 2 is 2.18 bits per heavy atom. The molecule has 60 valence electrons. The van der Waals surface area contributed by atoms with Gasteiger partial charge in [-0.1, -0.05) is 0 Å². The second-order valence-corrected chi connectivity index (χ2v) is 2.70. The van der Waals surface area contributed by atoms with Crippen LogP contribution in [0.15, 0.2) is 4.99 Å². The van der Waals surface area contributed by atoms with Crippen molar-refractivity contribution in [2.75, 3.05) is 13.1 Å². The van der Waals surface area contributed by atoms with Gasteiger partial charge in [0.1, 0.15) is 0 Å². The largest absolute Gasteiger partial charge is 0.299 e. The quantitative estimate of drug-likeness (QED) is 0.355. The SMILES string of the molecule is O=CC(N=C=S)N1CCCC1. The zero-order chi connectivity index (χ0) is 8.10. The standard InChI is InChI=1S/C7H10N2OS/c10-5-7(8-6-11)9-3-1-2-4-9/h5,7H,1-4H2. The van der Waals surface area contributed by atoms with Crippen LogP contribution in [-0.4, -0.2) is 35.6 Å². The highest BCUT2D eigenvalue weighted by molar-refractivity contribution is 7.78. The van der Waals surface area contributed by atoms with Crippen LogP contribution < -0.4 is 0 Å². The summed E-state index contributed by atoms with van der Waals surface area (Å²) in [4.78, 5) is 16.2. The summed E-state index contributed by atoms with van der Waals surface area (Å²) >= 11 is 4.43. The normalized spacial score (nSPS) is 20.7. The first-order valence-corrected chi connectivity index (χ1v) is 4.05. The van der Waals surface area contributed by atoms with E-state index in [1.165, 1.54) is 0 Å². The number of rotatable bonds is 3. The lowest BCUT2D eigenvalue weighted by molar-refractivity contribution is -0.111. The lowest BCUT2D eigenvalue weighted by Gasteiger charge is -2.16. The van der Waals surface area contributed by atoms with E-state index in [0.717, 1.165) is 32.2 Å². The van der Waals surface area contributed by atoms with Crippen molar-refractivity contribution in [3.63, 3.8) is 0 Å². The Bertz CT molecular complexity index is 183. The average Bonchev–Trinajstić information content (AvgIpc) is 2.52. The fourth-order valence-electron chi connectivity index (χ4n) is 1.26. The Morgan fingerprint density at radius 1 is 1.55 bits per heavy atom. The molecule has 0 bridgehead atoms. The number of likely N-dealkylation sites (tertiary alicyclic amines) is 1. The van der Waals surface area contributed by atoms with Gasteiger partial charge in [-0.25, -0.2) is 4.99 Å². The molecule has 0 spiro atoms. The molecular weight excluding hydrogens is 160 g/mol. The van der Waals surface area contributed by atoms with Crippen LogP contribution >= 0.6 is 12.2 Å². The molecule has 1 saturated heterocycles. The van der Waals surface area contributed by atoms with Crippen molar-refractivity contribution in [1.82, 2.24) is 4.90 Å². The van der Waals surface area contributed by atoms with E-state index in [2.05, 4.69) is 22.4 Å². The van der Waals surface area contributed by atoms with Gasteiger partial charge >= 0.3 is 0 Å². The van der Waals surface area contributed by atoms with Crippen molar-refractivity contribution >= 4 is 23.7 Å². The number of hydrogen-bond acceptors (Lipinski definition) is 4. The molecule has 0 amide bonds. The Labute approximate surface area is 71.1 Å². The van der Waals surface area contributed by atoms with E-state index >= 15 is 0 Å². The van der Waals surface area contributed by atoms with Gasteiger partial charge in [0.25, 0.3) is 0 Å². The minimum absolute atomic E-state index is 0.380. The lowest BCUT2D eigenvalue weighted by Crippen LogP contribution is -2.32. The van der Waals surface area contributed by atoms with Crippen LogP contribution in [0.25, 0.3) is 0 Å². The number of nitrogens with zero attached hydrogens (tertiary/aromatic N) is 2. The van der Waals surface area contributed by atoms with Crippen LogP contribution in [-0.2, 0) is 4.79 Å². The maximum absolute atomic E-state index is 10.5. The summed E-state index contributed by atoms with van der Waals surface area (Å²) in [5.74, 6) is 0. The fraction of sp³-hybridized carbons (Fsp3) is 0.714. The first-order chi connectivity index (χ1) is 5.38. The van der Waals surface area contributed by atoms with E-state index in [0.29, 0.717) is 0 Å². The number of thiocarbonyl (C=S) groups is 1. The van der Waals surface area contributed by atoms with Gasteiger partial charge in [0.15, 0.2) is 12.5 Å². The number of carbonyl (C=O) groups is 1. The summed E-state index contributed by atoms with van der Waals surface area (Å²) in [6.07, 6.45) is 2.73. The van der Waals surface area contributed by atoms with E-state index in [1.54, 1.807) is 0 Å². The molecule has 1 rings (SSSR count). The molecule has 0 saturated carbocycles. The number of carbonyl (C=O) groups excluding carboxylic acids is 1.